The summed E-state index contributed by atoms with van der Waals surface area (Å²) in [6.45, 7) is 0. The molecule has 1 heterocycles. The fraction of sp³-hybridized carbons (Fsp3) is 0. The van der Waals surface area contributed by atoms with Gasteiger partial charge in [0.1, 0.15) is 0 Å². The molecule has 0 aliphatic rings. The molecular weight excluding hydrogens is 364 g/mol. The molecule has 2 amide bonds. The van der Waals surface area contributed by atoms with Gasteiger partial charge < -0.3 is 5.32 Å². The van der Waals surface area contributed by atoms with Crippen molar-refractivity contribution >= 4 is 49.5 Å². The maximum atomic E-state index is 11.7. The van der Waals surface area contributed by atoms with Gasteiger partial charge >= 0.3 is 6.03 Å². The van der Waals surface area contributed by atoms with Gasteiger partial charge in [0, 0.05) is 16.9 Å². The average Bonchev–Trinajstić information content (AvgIpc) is 2.35. The summed E-state index contributed by atoms with van der Waals surface area (Å²) in [7, 11) is 0. The van der Waals surface area contributed by atoms with Crippen LogP contribution in [-0.4, -0.2) is 16.0 Å². The van der Waals surface area contributed by atoms with Crippen molar-refractivity contribution in [1.82, 2.24) is 9.97 Å². The van der Waals surface area contributed by atoms with E-state index >= 15 is 0 Å². The van der Waals surface area contributed by atoms with Crippen LogP contribution in [0.4, 0.5) is 16.4 Å². The lowest BCUT2D eigenvalue weighted by Gasteiger charge is -2.07. The number of para-hydroxylation sites is 1. The first-order valence-electron chi connectivity index (χ1n) is 4.95. The maximum Gasteiger partial charge on any atom is 0.326 e. The van der Waals surface area contributed by atoms with E-state index in [9.17, 15) is 4.79 Å². The molecule has 0 bridgehead atoms. The Balaban J connectivity index is 2.01. The number of anilines is 2. The third-order valence-electron chi connectivity index (χ3n) is 1.97. The lowest BCUT2D eigenvalue weighted by atomic mass is 10.3. The Morgan fingerprint density at radius 2 is 1.72 bits per heavy atom. The smallest absolute Gasteiger partial charge is 0.307 e. The summed E-state index contributed by atoms with van der Waals surface area (Å²) in [6.07, 6.45) is 3.11. The molecule has 2 N–H and O–H groups in total. The highest BCUT2D eigenvalue weighted by Gasteiger charge is 2.06. The second-order valence-electron chi connectivity index (χ2n) is 3.28. The van der Waals surface area contributed by atoms with Crippen molar-refractivity contribution in [3.8, 4) is 0 Å². The SMILES string of the molecule is O=C(Nc1ncc(Br)cn1)Nc1ccccc1Br. The summed E-state index contributed by atoms with van der Waals surface area (Å²) >= 11 is 6.56. The number of nitrogens with zero attached hydrogens (tertiary/aromatic N) is 2. The molecule has 2 aromatic rings. The van der Waals surface area contributed by atoms with E-state index in [-0.39, 0.29) is 5.95 Å². The van der Waals surface area contributed by atoms with E-state index < -0.39 is 6.03 Å². The molecule has 18 heavy (non-hydrogen) atoms. The van der Waals surface area contributed by atoms with E-state index in [1.807, 2.05) is 18.2 Å². The van der Waals surface area contributed by atoms with Crippen molar-refractivity contribution in [2.24, 2.45) is 0 Å². The molecule has 0 atom stereocenters. The van der Waals surface area contributed by atoms with Crippen LogP contribution in [0.15, 0.2) is 45.6 Å². The standard InChI is InChI=1S/C11H8Br2N4O/c12-7-5-14-10(15-6-7)17-11(18)16-9-4-2-1-3-8(9)13/h1-6H,(H2,14,15,16,17,18). The van der Waals surface area contributed by atoms with E-state index in [0.29, 0.717) is 5.69 Å². The maximum absolute atomic E-state index is 11.7. The van der Waals surface area contributed by atoms with Crippen LogP contribution in [-0.2, 0) is 0 Å². The Hall–Kier alpha value is -1.47. The summed E-state index contributed by atoms with van der Waals surface area (Å²) in [4.78, 5) is 19.6. The van der Waals surface area contributed by atoms with Gasteiger partial charge in [0.25, 0.3) is 0 Å². The minimum absolute atomic E-state index is 0.239. The third-order valence-corrected chi connectivity index (χ3v) is 3.07. The van der Waals surface area contributed by atoms with Crippen molar-refractivity contribution in [2.45, 2.75) is 0 Å². The molecule has 0 spiro atoms. The summed E-state index contributed by atoms with van der Waals surface area (Å²) < 4.78 is 1.55. The first kappa shape index (κ1) is 13.0. The zero-order valence-corrected chi connectivity index (χ0v) is 12.2. The first-order chi connectivity index (χ1) is 8.65. The highest BCUT2D eigenvalue weighted by atomic mass is 79.9. The quantitative estimate of drug-likeness (QED) is 0.846. The molecule has 1 aromatic carbocycles. The highest BCUT2D eigenvalue weighted by Crippen LogP contribution is 2.21. The average molecular weight is 372 g/mol. The van der Waals surface area contributed by atoms with Gasteiger partial charge in [0.15, 0.2) is 0 Å². The first-order valence-corrected chi connectivity index (χ1v) is 6.54. The third kappa shape index (κ3) is 3.51. The predicted octanol–water partition coefficient (Wildman–Crippen LogP) is 3.65. The number of hydrogen-bond donors (Lipinski definition) is 2. The van der Waals surface area contributed by atoms with Crippen LogP contribution >= 0.6 is 31.9 Å². The second-order valence-corrected chi connectivity index (χ2v) is 5.05. The zero-order chi connectivity index (χ0) is 13.0. The number of urea groups is 1. The van der Waals surface area contributed by atoms with Crippen LogP contribution in [0.5, 0.6) is 0 Å². The van der Waals surface area contributed by atoms with Crippen LogP contribution < -0.4 is 10.6 Å². The minimum Gasteiger partial charge on any atom is -0.307 e. The van der Waals surface area contributed by atoms with Crippen molar-refractivity contribution in [3.05, 3.63) is 45.6 Å². The number of benzene rings is 1. The summed E-state index contributed by atoms with van der Waals surface area (Å²) in [5.74, 6) is 0.239. The molecule has 7 heteroatoms. The topological polar surface area (TPSA) is 66.9 Å². The summed E-state index contributed by atoms with van der Waals surface area (Å²) in [6, 6.07) is 6.92. The van der Waals surface area contributed by atoms with Crippen molar-refractivity contribution in [3.63, 3.8) is 0 Å². The number of carbonyl (C=O) groups is 1. The molecular formula is C11H8Br2N4O. The zero-order valence-electron chi connectivity index (χ0n) is 9.02. The van der Waals surface area contributed by atoms with Crippen molar-refractivity contribution < 1.29 is 4.79 Å². The number of amides is 2. The largest absolute Gasteiger partial charge is 0.326 e. The number of nitrogens with one attached hydrogen (secondary N) is 2. The Bertz CT molecular complexity index is 559. The monoisotopic (exact) mass is 370 g/mol. The van der Waals surface area contributed by atoms with Crippen LogP contribution in [0.25, 0.3) is 0 Å². The molecule has 0 saturated carbocycles. The minimum atomic E-state index is -0.399. The predicted molar refractivity (Wildman–Crippen MR) is 76.5 cm³/mol. The summed E-state index contributed by atoms with van der Waals surface area (Å²) in [5.41, 5.74) is 0.673. The van der Waals surface area contributed by atoms with E-state index in [2.05, 4.69) is 52.5 Å². The van der Waals surface area contributed by atoms with Crippen LogP contribution in [0.2, 0.25) is 0 Å². The van der Waals surface area contributed by atoms with Gasteiger partial charge in [-0.05, 0) is 44.0 Å². The Morgan fingerprint density at radius 3 is 2.39 bits per heavy atom. The number of halogens is 2. The fourth-order valence-corrected chi connectivity index (χ4v) is 1.78. The molecule has 2 rings (SSSR count). The molecule has 0 fully saturated rings. The summed E-state index contributed by atoms with van der Waals surface area (Å²) in [5, 5.41) is 5.22. The normalized spacial score (nSPS) is 9.89. The molecule has 0 aliphatic heterocycles. The van der Waals surface area contributed by atoms with Gasteiger partial charge in [-0.15, -0.1) is 0 Å². The molecule has 92 valence electrons. The lowest BCUT2D eigenvalue weighted by molar-refractivity contribution is 0.262. The van der Waals surface area contributed by atoms with Crippen LogP contribution in [0.3, 0.4) is 0 Å². The number of carbonyl (C=O) groups excluding carboxylic acids is 1. The molecule has 5 nitrogen and oxygen atoms in total. The van der Waals surface area contributed by atoms with E-state index in [1.165, 1.54) is 0 Å². The van der Waals surface area contributed by atoms with E-state index in [4.69, 9.17) is 0 Å². The Morgan fingerprint density at radius 1 is 1.06 bits per heavy atom. The van der Waals surface area contributed by atoms with Gasteiger partial charge in [-0.25, -0.2) is 14.8 Å². The molecule has 0 saturated heterocycles. The number of aromatic nitrogens is 2. The molecule has 0 aliphatic carbocycles. The van der Waals surface area contributed by atoms with E-state index in [1.54, 1.807) is 18.5 Å². The Kier molecular flexibility index (Phi) is 4.27. The van der Waals surface area contributed by atoms with Gasteiger partial charge in [-0.2, -0.15) is 0 Å². The fourth-order valence-electron chi connectivity index (χ4n) is 1.19. The molecule has 1 aromatic heterocycles. The molecule has 0 radical (unpaired) electrons. The van der Waals surface area contributed by atoms with Crippen LogP contribution in [0, 0.1) is 0 Å². The van der Waals surface area contributed by atoms with Gasteiger partial charge in [-0.1, -0.05) is 12.1 Å². The van der Waals surface area contributed by atoms with Crippen molar-refractivity contribution in [2.75, 3.05) is 10.6 Å². The van der Waals surface area contributed by atoms with Crippen LogP contribution in [0.1, 0.15) is 0 Å². The number of rotatable bonds is 2. The van der Waals surface area contributed by atoms with Gasteiger partial charge in [-0.3, -0.25) is 5.32 Å². The van der Waals surface area contributed by atoms with E-state index in [0.717, 1.165) is 8.95 Å². The van der Waals surface area contributed by atoms with Gasteiger partial charge in [0.2, 0.25) is 5.95 Å². The van der Waals surface area contributed by atoms with Crippen molar-refractivity contribution in [1.29, 1.82) is 0 Å². The second kappa shape index (κ2) is 5.92. The highest BCUT2D eigenvalue weighted by molar-refractivity contribution is 9.10. The number of hydrogen-bond acceptors (Lipinski definition) is 3. The Labute approximate surface area is 120 Å². The molecule has 0 unspecified atom stereocenters. The van der Waals surface area contributed by atoms with Gasteiger partial charge in [0.05, 0.1) is 10.2 Å². The lowest BCUT2D eigenvalue weighted by Crippen LogP contribution is -2.21.